The van der Waals surface area contributed by atoms with Gasteiger partial charge in [0, 0.05) is 17.2 Å². The molecular formula is C19H21Cl2N5O2. The lowest BCUT2D eigenvalue weighted by atomic mass is 9.91. The van der Waals surface area contributed by atoms with E-state index in [-0.39, 0.29) is 23.8 Å². The molecule has 2 unspecified atom stereocenters. The maximum absolute atomic E-state index is 12.3. The van der Waals surface area contributed by atoms with Gasteiger partial charge >= 0.3 is 0 Å². The van der Waals surface area contributed by atoms with Gasteiger partial charge < -0.3 is 21.1 Å². The van der Waals surface area contributed by atoms with Gasteiger partial charge in [-0.05, 0) is 25.8 Å². The van der Waals surface area contributed by atoms with Crippen molar-refractivity contribution in [3.05, 3.63) is 39.6 Å². The molecule has 0 spiro atoms. The van der Waals surface area contributed by atoms with Gasteiger partial charge in [0.05, 0.1) is 41.0 Å². The summed E-state index contributed by atoms with van der Waals surface area (Å²) in [7, 11) is 0. The van der Waals surface area contributed by atoms with E-state index in [4.69, 9.17) is 44.4 Å². The van der Waals surface area contributed by atoms with Crippen molar-refractivity contribution in [1.82, 2.24) is 9.97 Å². The number of nitrogens with two attached hydrogens (primary N) is 2. The number of benzene rings is 1. The molecule has 0 saturated carbocycles. The smallest absolute Gasteiger partial charge is 0.268 e. The van der Waals surface area contributed by atoms with Crippen molar-refractivity contribution in [2.24, 2.45) is 11.5 Å². The van der Waals surface area contributed by atoms with Crippen LogP contribution in [0.25, 0.3) is 11.1 Å². The van der Waals surface area contributed by atoms with Crippen LogP contribution in [0.2, 0.25) is 10.0 Å². The zero-order chi connectivity index (χ0) is 20.0. The predicted octanol–water partition coefficient (Wildman–Crippen LogP) is 2.55. The summed E-state index contributed by atoms with van der Waals surface area (Å²) in [6.45, 7) is 2.92. The number of rotatable bonds is 3. The zero-order valence-corrected chi connectivity index (χ0v) is 16.9. The van der Waals surface area contributed by atoms with E-state index in [1.54, 1.807) is 18.2 Å². The monoisotopic (exact) mass is 421 g/mol. The summed E-state index contributed by atoms with van der Waals surface area (Å²) in [6.07, 6.45) is 1.57. The van der Waals surface area contributed by atoms with Gasteiger partial charge in [0.1, 0.15) is 5.69 Å². The van der Waals surface area contributed by atoms with Crippen LogP contribution in [-0.2, 0) is 4.74 Å². The first kappa shape index (κ1) is 19.4. The van der Waals surface area contributed by atoms with Gasteiger partial charge in [-0.1, -0.05) is 35.3 Å². The number of anilines is 1. The fourth-order valence-electron chi connectivity index (χ4n) is 4.16. The average molecular weight is 422 g/mol. The number of primary amides is 1. The molecule has 148 valence electrons. The van der Waals surface area contributed by atoms with Crippen molar-refractivity contribution in [2.45, 2.75) is 37.9 Å². The minimum absolute atomic E-state index is 0.0724. The lowest BCUT2D eigenvalue weighted by Crippen LogP contribution is -2.60. The fourth-order valence-corrected chi connectivity index (χ4v) is 4.55. The largest absolute Gasteiger partial charge is 0.377 e. The standard InChI is InChI=1S/C19H21Cl2N5O2/c1-9-15(13-3-2-4-14(20)16(13)21)17(18(23)27)25-19(24-9)26-11-5-10(22)6-12(26)8-28-7-11/h2-4,10-12H,5-8,22H2,1H3,(H2,23,27). The first-order valence-electron chi connectivity index (χ1n) is 9.11. The number of aromatic nitrogens is 2. The lowest BCUT2D eigenvalue weighted by molar-refractivity contribution is 0.0403. The number of carbonyl (C=O) groups excluding carboxylic acids is 1. The Kier molecular flexibility index (Phi) is 5.18. The Morgan fingerprint density at radius 3 is 2.54 bits per heavy atom. The van der Waals surface area contributed by atoms with E-state index in [0.717, 1.165) is 12.8 Å². The predicted molar refractivity (Wildman–Crippen MR) is 109 cm³/mol. The Morgan fingerprint density at radius 1 is 1.21 bits per heavy atom. The van der Waals surface area contributed by atoms with Gasteiger partial charge in [0.15, 0.2) is 0 Å². The molecule has 2 saturated heterocycles. The van der Waals surface area contributed by atoms with Gasteiger partial charge in [-0.3, -0.25) is 4.79 Å². The van der Waals surface area contributed by atoms with E-state index in [1.807, 2.05) is 6.92 Å². The van der Waals surface area contributed by atoms with Gasteiger partial charge in [-0.15, -0.1) is 0 Å². The molecule has 2 aliphatic heterocycles. The van der Waals surface area contributed by atoms with Crippen molar-refractivity contribution in [3.8, 4) is 11.1 Å². The van der Waals surface area contributed by atoms with Crippen molar-refractivity contribution >= 4 is 35.1 Å². The quantitative estimate of drug-likeness (QED) is 0.787. The van der Waals surface area contributed by atoms with E-state index >= 15 is 0 Å². The minimum atomic E-state index is -0.645. The lowest BCUT2D eigenvalue weighted by Gasteiger charge is -2.47. The number of piperidine rings is 1. The van der Waals surface area contributed by atoms with Gasteiger partial charge in [-0.2, -0.15) is 0 Å². The van der Waals surface area contributed by atoms with Crippen molar-refractivity contribution in [1.29, 1.82) is 0 Å². The van der Waals surface area contributed by atoms with Gasteiger partial charge in [0.25, 0.3) is 5.91 Å². The molecule has 2 atom stereocenters. The van der Waals surface area contributed by atoms with Crippen LogP contribution in [0, 0.1) is 6.92 Å². The highest BCUT2D eigenvalue weighted by atomic mass is 35.5. The summed E-state index contributed by atoms with van der Waals surface area (Å²) >= 11 is 12.5. The molecule has 0 radical (unpaired) electrons. The number of hydrogen-bond donors (Lipinski definition) is 2. The molecule has 9 heteroatoms. The summed E-state index contributed by atoms with van der Waals surface area (Å²) in [5, 5.41) is 0.718. The summed E-state index contributed by atoms with van der Waals surface area (Å²) in [5.74, 6) is -0.175. The second kappa shape index (κ2) is 7.48. The molecule has 2 fully saturated rings. The molecule has 1 aromatic carbocycles. The Hall–Kier alpha value is -1.93. The van der Waals surface area contributed by atoms with Crippen LogP contribution in [0.4, 0.5) is 5.95 Å². The van der Waals surface area contributed by atoms with E-state index in [2.05, 4.69) is 9.88 Å². The van der Waals surface area contributed by atoms with Crippen LogP contribution in [0.15, 0.2) is 18.2 Å². The zero-order valence-electron chi connectivity index (χ0n) is 15.4. The normalized spacial score (nSPS) is 24.3. The number of nitrogens with zero attached hydrogens (tertiary/aromatic N) is 3. The van der Waals surface area contributed by atoms with E-state index in [0.29, 0.717) is 46.0 Å². The SMILES string of the molecule is Cc1nc(N2C3COCC2CC(N)C3)nc(C(N)=O)c1-c1cccc(Cl)c1Cl. The molecule has 28 heavy (non-hydrogen) atoms. The third kappa shape index (κ3) is 3.33. The number of fused-ring (bicyclic) bond motifs is 2. The second-order valence-electron chi connectivity index (χ2n) is 7.28. The second-order valence-corrected chi connectivity index (χ2v) is 8.07. The average Bonchev–Trinajstić information content (AvgIpc) is 2.63. The van der Waals surface area contributed by atoms with E-state index in [1.165, 1.54) is 0 Å². The van der Waals surface area contributed by atoms with Crippen LogP contribution in [-0.4, -0.2) is 47.2 Å². The number of aryl methyl sites for hydroxylation is 1. The highest BCUT2D eigenvalue weighted by Crippen LogP contribution is 2.38. The van der Waals surface area contributed by atoms with E-state index < -0.39 is 5.91 Å². The maximum atomic E-state index is 12.3. The van der Waals surface area contributed by atoms with Crippen LogP contribution in [0.3, 0.4) is 0 Å². The van der Waals surface area contributed by atoms with Crippen molar-refractivity contribution in [3.63, 3.8) is 0 Å². The number of halogens is 2. The molecule has 3 heterocycles. The third-order valence-electron chi connectivity index (χ3n) is 5.32. The molecule has 2 bridgehead atoms. The third-order valence-corrected chi connectivity index (χ3v) is 6.14. The molecule has 4 N–H and O–H groups in total. The molecule has 1 amide bonds. The molecule has 0 aliphatic carbocycles. The number of ether oxygens (including phenoxy) is 1. The Labute approximate surface area is 173 Å². The Balaban J connectivity index is 1.84. The molecule has 1 aromatic heterocycles. The molecule has 2 aliphatic rings. The van der Waals surface area contributed by atoms with E-state index in [9.17, 15) is 4.79 Å². The van der Waals surface area contributed by atoms with Crippen molar-refractivity contribution < 1.29 is 9.53 Å². The van der Waals surface area contributed by atoms with Crippen molar-refractivity contribution in [2.75, 3.05) is 18.1 Å². The maximum Gasteiger partial charge on any atom is 0.268 e. The summed E-state index contributed by atoms with van der Waals surface area (Å²) in [5.41, 5.74) is 13.7. The van der Waals surface area contributed by atoms with Crippen LogP contribution < -0.4 is 16.4 Å². The van der Waals surface area contributed by atoms with Gasteiger partial charge in [-0.25, -0.2) is 9.97 Å². The summed E-state index contributed by atoms with van der Waals surface area (Å²) in [6, 6.07) is 5.48. The Morgan fingerprint density at radius 2 is 1.89 bits per heavy atom. The Bertz CT molecular complexity index is 925. The van der Waals surface area contributed by atoms with Crippen LogP contribution in [0.1, 0.15) is 29.0 Å². The first-order chi connectivity index (χ1) is 13.4. The summed E-state index contributed by atoms with van der Waals surface area (Å²) < 4.78 is 5.69. The topological polar surface area (TPSA) is 107 Å². The molecular weight excluding hydrogens is 401 g/mol. The van der Waals surface area contributed by atoms with Gasteiger partial charge in [0.2, 0.25) is 5.95 Å². The highest BCUT2D eigenvalue weighted by Gasteiger charge is 2.40. The molecule has 4 rings (SSSR count). The highest BCUT2D eigenvalue weighted by molar-refractivity contribution is 6.43. The fraction of sp³-hybridized carbons (Fsp3) is 0.421. The number of morpholine rings is 1. The van der Waals surface area contributed by atoms with Crippen LogP contribution >= 0.6 is 23.2 Å². The number of amides is 1. The first-order valence-corrected chi connectivity index (χ1v) is 9.87. The van der Waals surface area contributed by atoms with Crippen LogP contribution in [0.5, 0.6) is 0 Å². The number of hydrogen-bond acceptors (Lipinski definition) is 6. The summed E-state index contributed by atoms with van der Waals surface area (Å²) in [4.78, 5) is 23.6. The molecule has 7 nitrogen and oxygen atoms in total. The minimum Gasteiger partial charge on any atom is -0.377 e. The molecule has 2 aromatic rings. The number of carbonyl (C=O) groups is 1.